The van der Waals surface area contributed by atoms with E-state index in [-0.39, 0.29) is 17.8 Å². The molecule has 8 heteroatoms. The Kier molecular flexibility index (Phi) is 6.04. The summed E-state index contributed by atoms with van der Waals surface area (Å²) in [6.45, 7) is 2.06. The van der Waals surface area contributed by atoms with Crippen LogP contribution >= 0.6 is 0 Å². The summed E-state index contributed by atoms with van der Waals surface area (Å²) in [6.07, 6.45) is 0.399. The summed E-state index contributed by atoms with van der Waals surface area (Å²) in [5.74, 6) is -1.94. The maximum absolute atomic E-state index is 13.7. The van der Waals surface area contributed by atoms with Gasteiger partial charge in [-0.25, -0.2) is 9.18 Å². The lowest BCUT2D eigenvalue weighted by Crippen LogP contribution is -2.14. The Balaban J connectivity index is 3.03. The summed E-state index contributed by atoms with van der Waals surface area (Å²) < 4.78 is 18.1. The van der Waals surface area contributed by atoms with Crippen LogP contribution in [0.15, 0.2) is 12.1 Å². The molecule has 0 radical (unpaired) electrons. The number of benzene rings is 1. The number of rotatable bonds is 7. The number of aliphatic hydroxyl groups is 1. The predicted octanol–water partition coefficient (Wildman–Crippen LogP) is 2.09. The van der Waals surface area contributed by atoms with Gasteiger partial charge in [0, 0.05) is 6.54 Å². The van der Waals surface area contributed by atoms with Crippen molar-refractivity contribution in [3.05, 3.63) is 33.6 Å². The highest BCUT2D eigenvalue weighted by molar-refractivity contribution is 5.91. The Morgan fingerprint density at radius 2 is 2.24 bits per heavy atom. The highest BCUT2D eigenvalue weighted by Gasteiger charge is 2.22. The van der Waals surface area contributed by atoms with Crippen LogP contribution < -0.4 is 5.32 Å². The van der Waals surface area contributed by atoms with Gasteiger partial charge in [-0.3, -0.25) is 10.1 Å². The Labute approximate surface area is 120 Å². The molecule has 0 aliphatic rings. The second kappa shape index (κ2) is 7.53. The molecule has 0 amide bonds. The normalized spacial score (nSPS) is 11.8. The van der Waals surface area contributed by atoms with Gasteiger partial charge >= 0.3 is 5.97 Å². The lowest BCUT2D eigenvalue weighted by molar-refractivity contribution is -0.384. The van der Waals surface area contributed by atoms with E-state index in [0.717, 1.165) is 13.2 Å². The number of carbonyl (C=O) groups is 1. The molecule has 21 heavy (non-hydrogen) atoms. The van der Waals surface area contributed by atoms with Crippen molar-refractivity contribution in [2.24, 2.45) is 0 Å². The highest BCUT2D eigenvalue weighted by atomic mass is 19.1. The fourth-order valence-corrected chi connectivity index (χ4v) is 1.70. The van der Waals surface area contributed by atoms with Gasteiger partial charge in [0.1, 0.15) is 11.5 Å². The molecule has 7 nitrogen and oxygen atoms in total. The van der Waals surface area contributed by atoms with Gasteiger partial charge in [-0.05, 0) is 18.9 Å². The van der Waals surface area contributed by atoms with E-state index >= 15 is 0 Å². The number of carbonyl (C=O) groups excluding carboxylic acids is 1. The average Bonchev–Trinajstić information content (AvgIpc) is 2.46. The number of nitro groups is 1. The zero-order valence-corrected chi connectivity index (χ0v) is 11.8. The van der Waals surface area contributed by atoms with E-state index in [0.29, 0.717) is 18.9 Å². The van der Waals surface area contributed by atoms with Gasteiger partial charge in [0.2, 0.25) is 0 Å². The third-order valence-electron chi connectivity index (χ3n) is 2.95. The molecule has 0 saturated carbocycles. The van der Waals surface area contributed by atoms with Gasteiger partial charge in [0.05, 0.1) is 29.8 Å². The molecular weight excluding hydrogens is 283 g/mol. The van der Waals surface area contributed by atoms with Crippen LogP contribution in [0.1, 0.15) is 30.1 Å². The van der Waals surface area contributed by atoms with E-state index < -0.39 is 28.5 Å². The van der Waals surface area contributed by atoms with Crippen LogP contribution in [0.2, 0.25) is 0 Å². The van der Waals surface area contributed by atoms with E-state index in [1.54, 1.807) is 6.92 Å². The molecule has 0 aliphatic heterocycles. The monoisotopic (exact) mass is 300 g/mol. The molecule has 0 fully saturated rings. The number of ether oxygens (including phenoxy) is 1. The third kappa shape index (κ3) is 4.38. The molecule has 0 aliphatic carbocycles. The first-order valence-corrected chi connectivity index (χ1v) is 6.38. The standard InChI is InChI=1S/C13H17FN2O5/c1-3-8(17)4-5-15-11-6-9(13(18)21-2)10(14)7-12(11)16(19)20/h6-8,15,17H,3-5H2,1-2H3. The van der Waals surface area contributed by atoms with Gasteiger partial charge in [-0.1, -0.05) is 6.92 Å². The van der Waals surface area contributed by atoms with Crippen molar-refractivity contribution in [2.75, 3.05) is 19.0 Å². The van der Waals surface area contributed by atoms with Crippen molar-refractivity contribution in [1.82, 2.24) is 0 Å². The number of methoxy groups -OCH3 is 1. The molecule has 2 N–H and O–H groups in total. The summed E-state index contributed by atoms with van der Waals surface area (Å²) in [5.41, 5.74) is -0.863. The number of anilines is 1. The number of aliphatic hydroxyl groups excluding tert-OH is 1. The molecule has 1 atom stereocenters. The van der Waals surface area contributed by atoms with E-state index in [9.17, 15) is 24.4 Å². The summed E-state index contributed by atoms with van der Waals surface area (Å²) in [6, 6.07) is 1.71. The van der Waals surface area contributed by atoms with E-state index in [4.69, 9.17) is 0 Å². The maximum Gasteiger partial charge on any atom is 0.340 e. The van der Waals surface area contributed by atoms with E-state index in [1.807, 2.05) is 0 Å². The lowest BCUT2D eigenvalue weighted by Gasteiger charge is -2.11. The molecule has 0 bridgehead atoms. The van der Waals surface area contributed by atoms with E-state index in [1.165, 1.54) is 0 Å². The molecular formula is C13H17FN2O5. The quantitative estimate of drug-likeness (QED) is 0.454. The van der Waals surface area contributed by atoms with Gasteiger partial charge < -0.3 is 15.2 Å². The molecule has 0 saturated heterocycles. The number of hydrogen-bond donors (Lipinski definition) is 2. The smallest absolute Gasteiger partial charge is 0.340 e. The largest absolute Gasteiger partial charge is 0.465 e. The van der Waals surface area contributed by atoms with Gasteiger partial charge in [-0.15, -0.1) is 0 Å². The summed E-state index contributed by atoms with van der Waals surface area (Å²) in [5, 5.41) is 23.1. The van der Waals surface area contributed by atoms with Crippen LogP contribution in [-0.4, -0.2) is 35.8 Å². The Hall–Kier alpha value is -2.22. The molecule has 1 aromatic carbocycles. The Morgan fingerprint density at radius 3 is 2.76 bits per heavy atom. The number of halogens is 1. The van der Waals surface area contributed by atoms with Crippen molar-refractivity contribution in [1.29, 1.82) is 0 Å². The van der Waals surface area contributed by atoms with E-state index in [2.05, 4.69) is 10.1 Å². The van der Waals surface area contributed by atoms with Gasteiger partial charge in [-0.2, -0.15) is 0 Å². The maximum atomic E-state index is 13.7. The molecule has 1 unspecified atom stereocenters. The minimum absolute atomic E-state index is 0.00473. The summed E-state index contributed by atoms with van der Waals surface area (Å²) in [7, 11) is 1.09. The SMILES string of the molecule is CCC(O)CCNc1cc(C(=O)OC)c(F)cc1[N+](=O)[O-]. The molecule has 1 rings (SSSR count). The molecule has 0 heterocycles. The molecule has 116 valence electrons. The second-order valence-corrected chi connectivity index (χ2v) is 4.38. The first-order valence-electron chi connectivity index (χ1n) is 6.38. The van der Waals surface area contributed by atoms with Crippen LogP contribution in [-0.2, 0) is 4.74 Å². The average molecular weight is 300 g/mol. The Morgan fingerprint density at radius 1 is 1.57 bits per heavy atom. The van der Waals surface area contributed by atoms with Crippen molar-refractivity contribution in [2.45, 2.75) is 25.9 Å². The lowest BCUT2D eigenvalue weighted by atomic mass is 10.1. The number of hydrogen-bond acceptors (Lipinski definition) is 6. The van der Waals surface area contributed by atoms with Crippen molar-refractivity contribution in [3.8, 4) is 0 Å². The number of nitrogens with zero attached hydrogens (tertiary/aromatic N) is 1. The number of nitrogens with one attached hydrogen (secondary N) is 1. The third-order valence-corrected chi connectivity index (χ3v) is 2.95. The first-order chi connectivity index (χ1) is 9.90. The minimum atomic E-state index is -1.02. The predicted molar refractivity (Wildman–Crippen MR) is 73.8 cm³/mol. The van der Waals surface area contributed by atoms with Gasteiger partial charge in [0.25, 0.3) is 5.69 Å². The first kappa shape index (κ1) is 16.8. The Bertz CT molecular complexity index is 536. The van der Waals surface area contributed by atoms with Crippen LogP contribution in [0.5, 0.6) is 0 Å². The molecule has 0 aromatic heterocycles. The zero-order valence-electron chi connectivity index (χ0n) is 11.8. The summed E-state index contributed by atoms with van der Waals surface area (Å²) in [4.78, 5) is 21.6. The molecule has 0 spiro atoms. The number of nitro benzene ring substituents is 1. The van der Waals surface area contributed by atoms with Crippen LogP contribution in [0.25, 0.3) is 0 Å². The minimum Gasteiger partial charge on any atom is -0.465 e. The fraction of sp³-hybridized carbons (Fsp3) is 0.462. The highest BCUT2D eigenvalue weighted by Crippen LogP contribution is 2.28. The summed E-state index contributed by atoms with van der Waals surface area (Å²) >= 11 is 0. The fourth-order valence-electron chi connectivity index (χ4n) is 1.70. The van der Waals surface area contributed by atoms with Crippen LogP contribution in [0, 0.1) is 15.9 Å². The van der Waals surface area contributed by atoms with Gasteiger partial charge in [0.15, 0.2) is 0 Å². The van der Waals surface area contributed by atoms with Crippen LogP contribution in [0.3, 0.4) is 0 Å². The van der Waals surface area contributed by atoms with Crippen molar-refractivity contribution >= 4 is 17.3 Å². The second-order valence-electron chi connectivity index (χ2n) is 4.38. The van der Waals surface area contributed by atoms with Crippen molar-refractivity contribution in [3.63, 3.8) is 0 Å². The molecule has 1 aromatic rings. The van der Waals surface area contributed by atoms with Crippen molar-refractivity contribution < 1.29 is 24.0 Å². The number of esters is 1. The zero-order chi connectivity index (χ0) is 16.0. The van der Waals surface area contributed by atoms with Crippen LogP contribution in [0.4, 0.5) is 15.8 Å². The topological polar surface area (TPSA) is 102 Å².